The van der Waals surface area contributed by atoms with Crippen molar-refractivity contribution in [1.82, 2.24) is 13.7 Å². The second-order valence-corrected chi connectivity index (χ2v) is 17.4. The fourth-order valence-corrected chi connectivity index (χ4v) is 7.05. The van der Waals surface area contributed by atoms with Crippen LogP contribution in [-0.4, -0.2) is 29.0 Å². The zero-order valence-electron chi connectivity index (χ0n) is 33.1. The third-order valence-electron chi connectivity index (χ3n) is 10.1. The monoisotopic (exact) mass is 699 g/mol. The quantitative estimate of drug-likeness (QED) is 0.210. The summed E-state index contributed by atoms with van der Waals surface area (Å²) in [5, 5.41) is 36.0. The SMILES string of the molecule is Cc1cc(C(C)(C)C)cc(C)c1C(O)n1c(=O)n(C(O)c2c(C)cc(C(C)(C)C)cc2C)c(=O)n(C(O)c2c(C)cc(C(C)(C)C)cc2C)c1=O. The fraction of sp³-hybridized carbons (Fsp3) is 0.500. The van der Waals surface area contributed by atoms with E-state index in [0.717, 1.165) is 16.7 Å². The normalized spacial score (nSPS) is 14.5. The Morgan fingerprint density at radius 3 is 0.686 bits per heavy atom. The van der Waals surface area contributed by atoms with Gasteiger partial charge in [0.05, 0.1) is 0 Å². The Kier molecular flexibility index (Phi) is 10.5. The van der Waals surface area contributed by atoms with E-state index in [2.05, 4.69) is 62.3 Å². The molecule has 0 saturated heterocycles. The largest absolute Gasteiger partial charge is 0.369 e. The van der Waals surface area contributed by atoms with Crippen LogP contribution in [-0.2, 0) is 16.2 Å². The van der Waals surface area contributed by atoms with E-state index >= 15 is 0 Å². The maximum atomic E-state index is 14.4. The Bertz CT molecular complexity index is 1840. The first kappa shape index (κ1) is 39.7. The van der Waals surface area contributed by atoms with Crippen LogP contribution < -0.4 is 17.1 Å². The summed E-state index contributed by atoms with van der Waals surface area (Å²) in [6.07, 6.45) is -5.52. The maximum Gasteiger partial charge on any atom is 0.341 e. The van der Waals surface area contributed by atoms with Crippen LogP contribution in [0.4, 0.5) is 0 Å². The van der Waals surface area contributed by atoms with Crippen molar-refractivity contribution in [2.24, 2.45) is 0 Å². The Morgan fingerprint density at radius 2 is 0.549 bits per heavy atom. The molecule has 0 bridgehead atoms. The number of hydrogen-bond acceptors (Lipinski definition) is 6. The fourth-order valence-electron chi connectivity index (χ4n) is 7.05. The zero-order chi connectivity index (χ0) is 38.9. The third-order valence-corrected chi connectivity index (χ3v) is 10.1. The molecule has 9 heteroatoms. The Labute approximate surface area is 301 Å². The Morgan fingerprint density at radius 1 is 0.392 bits per heavy atom. The van der Waals surface area contributed by atoms with Gasteiger partial charge in [-0.1, -0.05) is 98.7 Å². The first-order valence-corrected chi connectivity index (χ1v) is 17.6. The van der Waals surface area contributed by atoms with E-state index in [1.807, 2.05) is 36.4 Å². The highest BCUT2D eigenvalue weighted by Gasteiger charge is 2.33. The lowest BCUT2D eigenvalue weighted by Crippen LogP contribution is -2.58. The summed E-state index contributed by atoms with van der Waals surface area (Å²) in [6.45, 7) is 29.3. The molecular formula is C42H57N3O6. The molecule has 0 spiro atoms. The number of hydrogen-bond donors (Lipinski definition) is 3. The molecule has 0 amide bonds. The van der Waals surface area contributed by atoms with E-state index in [4.69, 9.17) is 0 Å². The molecule has 51 heavy (non-hydrogen) atoms. The van der Waals surface area contributed by atoms with Crippen molar-refractivity contribution in [3.8, 4) is 0 Å². The summed E-state index contributed by atoms with van der Waals surface area (Å²) < 4.78 is 1.67. The van der Waals surface area contributed by atoms with Crippen molar-refractivity contribution in [1.29, 1.82) is 0 Å². The van der Waals surface area contributed by atoms with Crippen molar-refractivity contribution in [3.63, 3.8) is 0 Å². The maximum absolute atomic E-state index is 14.4. The average molecular weight is 700 g/mol. The molecule has 0 saturated carbocycles. The van der Waals surface area contributed by atoms with Gasteiger partial charge >= 0.3 is 17.1 Å². The number of benzene rings is 3. The smallest absolute Gasteiger partial charge is 0.341 e. The van der Waals surface area contributed by atoms with E-state index in [1.165, 1.54) is 0 Å². The Hall–Kier alpha value is -4.05. The Balaban J connectivity index is 2.12. The van der Waals surface area contributed by atoms with Gasteiger partial charge in [-0.05, 0) is 108 Å². The second kappa shape index (κ2) is 13.5. The van der Waals surface area contributed by atoms with Crippen LogP contribution in [0.5, 0.6) is 0 Å². The van der Waals surface area contributed by atoms with Gasteiger partial charge in [0.25, 0.3) is 0 Å². The molecular weight excluding hydrogens is 642 g/mol. The molecule has 3 unspecified atom stereocenters. The standard InChI is InChI=1S/C42H57N3O6/c1-22-16-28(40(7,8)9)17-23(2)31(22)34(46)43-37(49)44(35(47)32-24(3)18-29(19-25(32)4)41(10,11)12)39(51)45(38(43)50)36(48)33-26(5)20-30(21-27(33)6)42(13,14)15/h16-21,34-36,46-48H,1-15H3. The van der Waals surface area contributed by atoms with Gasteiger partial charge < -0.3 is 15.3 Å². The van der Waals surface area contributed by atoms with Crippen LogP contribution in [0.1, 0.15) is 148 Å². The molecule has 3 N–H and O–H groups in total. The molecule has 276 valence electrons. The van der Waals surface area contributed by atoms with Gasteiger partial charge in [0.1, 0.15) is 0 Å². The topological polar surface area (TPSA) is 127 Å². The summed E-state index contributed by atoms with van der Waals surface area (Å²) in [6, 6.07) is 11.4. The molecule has 4 aromatic rings. The van der Waals surface area contributed by atoms with E-state index in [0.29, 0.717) is 63.8 Å². The average Bonchev–Trinajstić information content (AvgIpc) is 2.94. The van der Waals surface area contributed by atoms with Gasteiger partial charge in [0.15, 0.2) is 18.7 Å². The highest BCUT2D eigenvalue weighted by Crippen LogP contribution is 2.33. The van der Waals surface area contributed by atoms with Crippen molar-refractivity contribution in [3.05, 3.63) is 135 Å². The minimum absolute atomic E-state index is 0.208. The van der Waals surface area contributed by atoms with Gasteiger partial charge in [-0.15, -0.1) is 0 Å². The summed E-state index contributed by atoms with van der Waals surface area (Å²) >= 11 is 0. The van der Waals surface area contributed by atoms with Crippen molar-refractivity contribution < 1.29 is 15.3 Å². The third kappa shape index (κ3) is 7.34. The van der Waals surface area contributed by atoms with E-state index in [1.54, 1.807) is 41.5 Å². The molecule has 0 radical (unpaired) electrons. The van der Waals surface area contributed by atoms with Crippen molar-refractivity contribution >= 4 is 0 Å². The number of nitrogens with zero attached hydrogens (tertiary/aromatic N) is 3. The molecule has 0 fully saturated rings. The number of aryl methyl sites for hydroxylation is 6. The molecule has 1 heterocycles. The highest BCUT2D eigenvalue weighted by atomic mass is 16.3. The molecule has 0 aliphatic rings. The molecule has 0 aliphatic heterocycles. The van der Waals surface area contributed by atoms with Crippen LogP contribution in [0, 0.1) is 41.5 Å². The van der Waals surface area contributed by atoms with Crippen LogP contribution in [0.25, 0.3) is 0 Å². The molecule has 3 atom stereocenters. The van der Waals surface area contributed by atoms with Gasteiger partial charge in [-0.3, -0.25) is 0 Å². The minimum atomic E-state index is -1.84. The number of rotatable bonds is 6. The summed E-state index contributed by atoms with van der Waals surface area (Å²) in [4.78, 5) is 43.3. The summed E-state index contributed by atoms with van der Waals surface area (Å²) in [5.74, 6) is 0. The van der Waals surface area contributed by atoms with Crippen LogP contribution in [0.15, 0.2) is 50.8 Å². The van der Waals surface area contributed by atoms with Gasteiger partial charge in [-0.2, -0.15) is 0 Å². The molecule has 0 aliphatic carbocycles. The lowest BCUT2D eigenvalue weighted by Gasteiger charge is -2.28. The first-order chi connectivity index (χ1) is 23.2. The van der Waals surface area contributed by atoms with Crippen LogP contribution >= 0.6 is 0 Å². The van der Waals surface area contributed by atoms with Crippen molar-refractivity contribution in [2.45, 2.75) is 139 Å². The van der Waals surface area contributed by atoms with Crippen LogP contribution in [0.2, 0.25) is 0 Å². The first-order valence-electron chi connectivity index (χ1n) is 17.6. The van der Waals surface area contributed by atoms with Crippen molar-refractivity contribution in [2.75, 3.05) is 0 Å². The van der Waals surface area contributed by atoms with E-state index in [-0.39, 0.29) is 16.2 Å². The highest BCUT2D eigenvalue weighted by molar-refractivity contribution is 5.44. The molecule has 4 rings (SSSR count). The minimum Gasteiger partial charge on any atom is -0.369 e. The lowest BCUT2D eigenvalue weighted by molar-refractivity contribution is 0.0777. The predicted molar refractivity (Wildman–Crippen MR) is 204 cm³/mol. The summed E-state index contributed by atoms with van der Waals surface area (Å²) in [5.41, 5.74) is 3.53. The molecule has 1 aromatic heterocycles. The van der Waals surface area contributed by atoms with E-state index in [9.17, 15) is 29.7 Å². The number of aliphatic hydroxyl groups is 3. The van der Waals surface area contributed by atoms with Gasteiger partial charge in [0.2, 0.25) is 0 Å². The van der Waals surface area contributed by atoms with Gasteiger partial charge in [-0.25, -0.2) is 28.1 Å². The number of aromatic nitrogens is 3. The number of aliphatic hydroxyl groups excluding tert-OH is 3. The second-order valence-electron chi connectivity index (χ2n) is 17.4. The lowest BCUT2D eigenvalue weighted by atomic mass is 9.83. The molecule has 3 aromatic carbocycles. The van der Waals surface area contributed by atoms with Crippen LogP contribution in [0.3, 0.4) is 0 Å². The van der Waals surface area contributed by atoms with E-state index < -0.39 is 35.8 Å². The predicted octanol–water partition coefficient (Wildman–Crippen LogP) is 6.53. The summed E-state index contributed by atoms with van der Waals surface area (Å²) in [7, 11) is 0. The zero-order valence-corrected chi connectivity index (χ0v) is 33.1. The van der Waals surface area contributed by atoms with Gasteiger partial charge in [0, 0.05) is 16.7 Å². The molecule has 9 nitrogen and oxygen atoms in total.